The van der Waals surface area contributed by atoms with Crippen molar-refractivity contribution in [3.8, 4) is 33.4 Å². The van der Waals surface area contributed by atoms with Gasteiger partial charge in [0, 0.05) is 33.2 Å². The minimum absolute atomic E-state index is 0.0366. The Morgan fingerprint density at radius 1 is 0.490 bits per heavy atom. The van der Waals surface area contributed by atoms with Gasteiger partial charge < -0.3 is 4.42 Å². The van der Waals surface area contributed by atoms with Gasteiger partial charge in [0.15, 0.2) is 0 Å². The Labute approximate surface area is 282 Å². The molecule has 0 N–H and O–H groups in total. The lowest BCUT2D eigenvalue weighted by Gasteiger charge is -2.22. The van der Waals surface area contributed by atoms with Gasteiger partial charge in [0.25, 0.3) is 0 Å². The molecular weight excluding hydrogens is 597 g/mol. The molecule has 49 heavy (non-hydrogen) atoms. The smallest absolute Gasteiger partial charge is 0.138 e. The fourth-order valence-electron chi connectivity index (χ4n) is 8.54. The minimum atomic E-state index is -0.0366. The molecule has 0 amide bonds. The number of rotatable bonds is 2. The monoisotopic (exact) mass is 626 g/mol. The highest BCUT2D eigenvalue weighted by molar-refractivity contribution is 6.24. The van der Waals surface area contributed by atoms with Crippen LogP contribution in [-0.2, 0) is 5.41 Å². The maximum atomic E-state index is 6.10. The van der Waals surface area contributed by atoms with Crippen molar-refractivity contribution in [2.24, 2.45) is 0 Å². The second-order valence-corrected chi connectivity index (χ2v) is 14.0. The molecule has 0 saturated heterocycles. The van der Waals surface area contributed by atoms with E-state index >= 15 is 0 Å². The molecule has 1 aliphatic carbocycles. The molecule has 7 aromatic carbocycles. The van der Waals surface area contributed by atoms with Crippen molar-refractivity contribution in [2.75, 3.05) is 0 Å². The van der Waals surface area contributed by atoms with Crippen LogP contribution in [0.1, 0.15) is 25.0 Å². The van der Waals surface area contributed by atoms with Crippen LogP contribution >= 0.6 is 0 Å². The highest BCUT2D eigenvalue weighted by Crippen LogP contribution is 2.50. The van der Waals surface area contributed by atoms with Gasteiger partial charge in [0.05, 0.1) is 11.0 Å². The van der Waals surface area contributed by atoms with Crippen molar-refractivity contribution in [1.82, 2.24) is 9.38 Å². The van der Waals surface area contributed by atoms with E-state index in [0.717, 1.165) is 49.7 Å². The number of nitrogens with zero attached hydrogens (tertiary/aromatic N) is 2. The summed E-state index contributed by atoms with van der Waals surface area (Å²) < 4.78 is 8.36. The number of furan rings is 1. The second-order valence-electron chi connectivity index (χ2n) is 14.0. The molecule has 0 radical (unpaired) electrons. The number of para-hydroxylation sites is 1. The van der Waals surface area contributed by atoms with Crippen LogP contribution in [0.2, 0.25) is 0 Å². The fraction of sp³-hybridized carbons (Fsp3) is 0.0652. The summed E-state index contributed by atoms with van der Waals surface area (Å²) in [4.78, 5) is 5.28. The van der Waals surface area contributed by atoms with E-state index in [9.17, 15) is 0 Å². The zero-order valence-electron chi connectivity index (χ0n) is 27.2. The molecule has 230 valence electrons. The number of hydrogen-bond acceptors (Lipinski definition) is 2. The molecule has 0 saturated carbocycles. The third kappa shape index (κ3) is 3.65. The van der Waals surface area contributed by atoms with Gasteiger partial charge in [-0.05, 0) is 97.7 Å². The van der Waals surface area contributed by atoms with Crippen molar-refractivity contribution in [2.45, 2.75) is 19.3 Å². The summed E-state index contributed by atoms with van der Waals surface area (Å²) in [5.74, 6) is 0. The van der Waals surface area contributed by atoms with Crippen LogP contribution in [0.25, 0.3) is 93.5 Å². The fourth-order valence-corrected chi connectivity index (χ4v) is 8.54. The molecule has 3 heteroatoms. The van der Waals surface area contributed by atoms with Crippen molar-refractivity contribution < 1.29 is 4.42 Å². The standard InChI is InChI=1S/C46H30N2O/c1-46(2)39-13-7-5-10-32(39)33-18-15-29(25-40(33)46)27-16-19-36-37(23-27)31-9-3-4-12-35(31)44-45(36)48-22-21-30(26-43(48)47-44)28-17-20-42-38(24-28)34-11-6-8-14-41(34)49-42/h3-26H,1-2H3. The third-order valence-electron chi connectivity index (χ3n) is 11.0. The number of aromatic nitrogens is 2. The molecule has 10 aromatic rings. The normalized spacial score (nSPS) is 13.7. The zero-order valence-corrected chi connectivity index (χ0v) is 27.2. The number of pyridine rings is 1. The SMILES string of the molecule is CC1(C)c2ccccc2-c2ccc(-c3ccc4c(c3)c3ccccc3c3nc5cc(-c6ccc7oc8ccccc8c7c6)ccn5c43)cc21. The summed E-state index contributed by atoms with van der Waals surface area (Å²) in [6.07, 6.45) is 2.18. The lowest BCUT2D eigenvalue weighted by molar-refractivity contribution is 0.660. The van der Waals surface area contributed by atoms with E-state index in [1.807, 2.05) is 12.1 Å². The van der Waals surface area contributed by atoms with Gasteiger partial charge in [0.1, 0.15) is 16.8 Å². The van der Waals surface area contributed by atoms with Crippen LogP contribution in [-0.4, -0.2) is 9.38 Å². The first kappa shape index (κ1) is 26.8. The zero-order chi connectivity index (χ0) is 32.4. The van der Waals surface area contributed by atoms with Crippen molar-refractivity contribution in [3.63, 3.8) is 0 Å². The number of benzene rings is 7. The first-order valence-electron chi connectivity index (χ1n) is 17.0. The van der Waals surface area contributed by atoms with E-state index in [1.54, 1.807) is 0 Å². The Morgan fingerprint density at radius 2 is 1.14 bits per heavy atom. The minimum Gasteiger partial charge on any atom is -0.456 e. The quantitative estimate of drug-likeness (QED) is 0.179. The van der Waals surface area contributed by atoms with E-state index in [2.05, 4.69) is 152 Å². The summed E-state index contributed by atoms with van der Waals surface area (Å²) >= 11 is 0. The molecule has 0 atom stereocenters. The largest absolute Gasteiger partial charge is 0.456 e. The maximum Gasteiger partial charge on any atom is 0.138 e. The highest BCUT2D eigenvalue weighted by Gasteiger charge is 2.35. The lowest BCUT2D eigenvalue weighted by atomic mass is 9.81. The highest BCUT2D eigenvalue weighted by atomic mass is 16.3. The molecule has 0 spiro atoms. The summed E-state index contributed by atoms with van der Waals surface area (Å²) in [6, 6.07) is 50.7. The van der Waals surface area contributed by atoms with Gasteiger partial charge in [-0.2, -0.15) is 0 Å². The predicted molar refractivity (Wildman–Crippen MR) is 203 cm³/mol. The summed E-state index contributed by atoms with van der Waals surface area (Å²) in [6.45, 7) is 4.69. The second kappa shape index (κ2) is 9.46. The van der Waals surface area contributed by atoms with Crippen LogP contribution in [0.5, 0.6) is 0 Å². The molecule has 0 bridgehead atoms. The Kier molecular flexibility index (Phi) is 5.18. The number of fused-ring (bicyclic) bond motifs is 14. The van der Waals surface area contributed by atoms with Gasteiger partial charge in [-0.15, -0.1) is 0 Å². The van der Waals surface area contributed by atoms with Crippen LogP contribution in [0.15, 0.2) is 150 Å². The van der Waals surface area contributed by atoms with Crippen LogP contribution in [0.3, 0.4) is 0 Å². The van der Waals surface area contributed by atoms with Crippen molar-refractivity contribution >= 4 is 60.2 Å². The molecular formula is C46H30N2O. The maximum absolute atomic E-state index is 6.10. The lowest BCUT2D eigenvalue weighted by Crippen LogP contribution is -2.14. The molecule has 0 aliphatic heterocycles. The van der Waals surface area contributed by atoms with Gasteiger partial charge in [-0.25, -0.2) is 4.98 Å². The van der Waals surface area contributed by atoms with Crippen molar-refractivity contribution in [1.29, 1.82) is 0 Å². The molecule has 0 fully saturated rings. The summed E-state index contributed by atoms with van der Waals surface area (Å²) in [7, 11) is 0. The first-order valence-corrected chi connectivity index (χ1v) is 17.0. The summed E-state index contributed by atoms with van der Waals surface area (Å²) in [5, 5.41) is 7.11. The van der Waals surface area contributed by atoms with Crippen molar-refractivity contribution in [3.05, 3.63) is 157 Å². The Balaban J connectivity index is 1.09. The van der Waals surface area contributed by atoms with Crippen LogP contribution < -0.4 is 0 Å². The third-order valence-corrected chi connectivity index (χ3v) is 11.0. The first-order chi connectivity index (χ1) is 24.0. The van der Waals surface area contributed by atoms with Gasteiger partial charge >= 0.3 is 0 Å². The van der Waals surface area contributed by atoms with Crippen LogP contribution in [0.4, 0.5) is 0 Å². The summed E-state index contributed by atoms with van der Waals surface area (Å²) in [5.41, 5.74) is 15.1. The van der Waals surface area contributed by atoms with E-state index in [0.29, 0.717) is 0 Å². The Hall–Kier alpha value is -6.19. The molecule has 0 unspecified atom stereocenters. The van der Waals surface area contributed by atoms with E-state index < -0.39 is 0 Å². The van der Waals surface area contributed by atoms with Gasteiger partial charge in [0.2, 0.25) is 0 Å². The molecule has 3 aromatic heterocycles. The van der Waals surface area contributed by atoms with Gasteiger partial charge in [-0.1, -0.05) is 111 Å². The van der Waals surface area contributed by atoms with E-state index in [-0.39, 0.29) is 5.41 Å². The molecule has 1 aliphatic rings. The topological polar surface area (TPSA) is 30.4 Å². The average Bonchev–Trinajstić information content (AvgIpc) is 3.79. The Morgan fingerprint density at radius 3 is 2.04 bits per heavy atom. The molecule has 11 rings (SSSR count). The average molecular weight is 627 g/mol. The number of hydrogen-bond donors (Lipinski definition) is 0. The Bertz CT molecular complexity index is 3030. The molecule has 3 nitrogen and oxygen atoms in total. The van der Waals surface area contributed by atoms with E-state index in [1.165, 1.54) is 54.9 Å². The number of imidazole rings is 1. The predicted octanol–water partition coefficient (Wildman–Crippen LogP) is 12.3. The van der Waals surface area contributed by atoms with Crippen LogP contribution in [0, 0.1) is 0 Å². The molecule has 3 heterocycles. The van der Waals surface area contributed by atoms with E-state index in [4.69, 9.17) is 9.40 Å². The van der Waals surface area contributed by atoms with Gasteiger partial charge in [-0.3, -0.25) is 4.40 Å².